The highest BCUT2D eigenvalue weighted by atomic mass is 16.1. The first-order valence-corrected chi connectivity index (χ1v) is 11.8. The summed E-state index contributed by atoms with van der Waals surface area (Å²) in [5.74, 6) is 2.57. The van der Waals surface area contributed by atoms with E-state index in [2.05, 4.69) is 53.6 Å². The fraction of sp³-hybridized carbons (Fsp3) is 0.429. The van der Waals surface area contributed by atoms with Gasteiger partial charge in [-0.1, -0.05) is 31.4 Å². The normalized spacial score (nSPS) is 13.8. The molecule has 1 saturated carbocycles. The highest BCUT2D eigenvalue weighted by Gasteiger charge is 2.43. The van der Waals surface area contributed by atoms with Gasteiger partial charge in [0.25, 0.3) is 5.91 Å². The van der Waals surface area contributed by atoms with Gasteiger partial charge in [0.2, 0.25) is 0 Å². The van der Waals surface area contributed by atoms with Crippen LogP contribution in [0.25, 0.3) is 0 Å². The van der Waals surface area contributed by atoms with Gasteiger partial charge in [-0.2, -0.15) is 5.26 Å². The largest absolute Gasteiger partial charge is 0.352 e. The van der Waals surface area contributed by atoms with Crippen LogP contribution in [0.5, 0.6) is 0 Å². The molecular formula is C28H34N4O. The number of hydrogen-bond donors (Lipinski definition) is 2. The lowest BCUT2D eigenvalue weighted by Crippen LogP contribution is -2.33. The highest BCUT2D eigenvalue weighted by molar-refractivity contribution is 5.94. The number of unbranched alkanes of at least 4 members (excludes halogenated alkanes) is 1. The molecule has 0 heterocycles. The Balaban J connectivity index is 1.49. The number of nitrogens with zero attached hydrogens (tertiary/aromatic N) is 2. The van der Waals surface area contributed by atoms with E-state index in [9.17, 15) is 10.1 Å². The van der Waals surface area contributed by atoms with Crippen molar-refractivity contribution in [1.82, 2.24) is 15.5 Å². The number of nitriles is 1. The molecule has 5 heteroatoms. The van der Waals surface area contributed by atoms with E-state index in [1.807, 2.05) is 24.3 Å². The van der Waals surface area contributed by atoms with E-state index < -0.39 is 0 Å². The van der Waals surface area contributed by atoms with E-state index in [4.69, 9.17) is 6.42 Å². The van der Waals surface area contributed by atoms with Crippen LogP contribution in [0, 0.1) is 23.7 Å². The Bertz CT molecular complexity index is 1040. The second-order valence-corrected chi connectivity index (χ2v) is 8.97. The SMILES string of the molecule is C#Cc1cccc(C2(NCCCNC(=O)c3cc(C#N)cc(CN(C)CCCC)c3)CC2)c1. The average Bonchev–Trinajstić information content (AvgIpc) is 3.63. The molecular weight excluding hydrogens is 408 g/mol. The summed E-state index contributed by atoms with van der Waals surface area (Å²) in [6.45, 7) is 5.28. The number of rotatable bonds is 12. The maximum absolute atomic E-state index is 12.7. The molecule has 0 saturated heterocycles. The van der Waals surface area contributed by atoms with Crippen molar-refractivity contribution in [1.29, 1.82) is 5.26 Å². The lowest BCUT2D eigenvalue weighted by Gasteiger charge is -2.18. The molecule has 0 radical (unpaired) electrons. The second kappa shape index (κ2) is 11.7. The summed E-state index contributed by atoms with van der Waals surface area (Å²) in [5.41, 5.74) is 4.23. The minimum absolute atomic E-state index is 0.0245. The van der Waals surface area contributed by atoms with E-state index in [0.717, 1.165) is 62.9 Å². The van der Waals surface area contributed by atoms with E-state index >= 15 is 0 Å². The maximum atomic E-state index is 12.7. The van der Waals surface area contributed by atoms with Crippen LogP contribution in [-0.4, -0.2) is 37.5 Å². The maximum Gasteiger partial charge on any atom is 0.251 e. The molecule has 0 aliphatic heterocycles. The smallest absolute Gasteiger partial charge is 0.251 e. The molecule has 1 aliphatic carbocycles. The lowest BCUT2D eigenvalue weighted by atomic mass is 10.0. The van der Waals surface area contributed by atoms with Crippen molar-refractivity contribution in [3.63, 3.8) is 0 Å². The van der Waals surface area contributed by atoms with Gasteiger partial charge in [-0.3, -0.25) is 4.79 Å². The number of carbonyl (C=O) groups excluding carboxylic acids is 1. The van der Waals surface area contributed by atoms with Crippen molar-refractivity contribution >= 4 is 5.91 Å². The van der Waals surface area contributed by atoms with Crippen molar-refractivity contribution < 1.29 is 4.79 Å². The monoisotopic (exact) mass is 442 g/mol. The summed E-state index contributed by atoms with van der Waals surface area (Å²) in [4.78, 5) is 14.9. The minimum Gasteiger partial charge on any atom is -0.352 e. The van der Waals surface area contributed by atoms with Crippen molar-refractivity contribution in [2.75, 3.05) is 26.7 Å². The number of hydrogen-bond acceptors (Lipinski definition) is 4. The standard InChI is InChI=1S/C28H34N4O/c1-4-6-15-32(3)21-24-16-23(20-29)17-25(18-24)27(33)30-13-8-14-31-28(11-12-28)26-10-7-9-22(5-2)19-26/h2,7,9-10,16-19,31H,4,6,8,11-15,21H2,1,3H3,(H,30,33). The Morgan fingerprint density at radius 2 is 1.97 bits per heavy atom. The molecule has 0 spiro atoms. The van der Waals surface area contributed by atoms with Crippen LogP contribution in [0.4, 0.5) is 0 Å². The number of amides is 1. The molecule has 33 heavy (non-hydrogen) atoms. The molecule has 0 unspecified atom stereocenters. The van der Waals surface area contributed by atoms with Gasteiger partial charge in [0.15, 0.2) is 0 Å². The highest BCUT2D eigenvalue weighted by Crippen LogP contribution is 2.45. The van der Waals surface area contributed by atoms with Crippen molar-refractivity contribution in [2.45, 2.75) is 51.1 Å². The molecule has 0 aromatic heterocycles. The first kappa shape index (κ1) is 24.5. The first-order valence-electron chi connectivity index (χ1n) is 11.8. The van der Waals surface area contributed by atoms with Crippen LogP contribution in [0.15, 0.2) is 42.5 Å². The van der Waals surface area contributed by atoms with Gasteiger partial charge in [-0.05, 0) is 87.3 Å². The zero-order chi connectivity index (χ0) is 23.7. The summed E-state index contributed by atoms with van der Waals surface area (Å²) in [7, 11) is 2.07. The molecule has 2 aromatic rings. The second-order valence-electron chi connectivity index (χ2n) is 8.97. The van der Waals surface area contributed by atoms with E-state index in [1.54, 1.807) is 6.07 Å². The first-order chi connectivity index (χ1) is 16.0. The summed E-state index contributed by atoms with van der Waals surface area (Å²) < 4.78 is 0. The molecule has 1 aliphatic rings. The fourth-order valence-corrected chi connectivity index (χ4v) is 4.12. The van der Waals surface area contributed by atoms with E-state index in [-0.39, 0.29) is 11.4 Å². The van der Waals surface area contributed by atoms with E-state index in [1.165, 1.54) is 5.56 Å². The zero-order valence-corrected chi connectivity index (χ0v) is 19.8. The third kappa shape index (κ3) is 6.93. The Kier molecular flexibility index (Phi) is 8.66. The number of carbonyl (C=O) groups is 1. The Hall–Kier alpha value is -3.12. The van der Waals surface area contributed by atoms with Crippen LogP contribution < -0.4 is 10.6 Å². The summed E-state index contributed by atoms with van der Waals surface area (Å²) in [6, 6.07) is 15.8. The van der Waals surface area contributed by atoms with E-state index in [0.29, 0.717) is 17.7 Å². The van der Waals surface area contributed by atoms with Gasteiger partial charge >= 0.3 is 0 Å². The quantitative estimate of drug-likeness (QED) is 0.382. The van der Waals surface area contributed by atoms with Crippen LogP contribution in [0.2, 0.25) is 0 Å². The van der Waals surface area contributed by atoms with Crippen LogP contribution in [0.1, 0.15) is 71.6 Å². The van der Waals surface area contributed by atoms with Crippen LogP contribution >= 0.6 is 0 Å². The Morgan fingerprint density at radius 3 is 2.67 bits per heavy atom. The van der Waals surface area contributed by atoms with Gasteiger partial charge in [-0.25, -0.2) is 0 Å². The van der Waals surface area contributed by atoms with Gasteiger partial charge < -0.3 is 15.5 Å². The van der Waals surface area contributed by atoms with Crippen LogP contribution in [-0.2, 0) is 12.1 Å². The van der Waals surface area contributed by atoms with Crippen molar-refractivity contribution in [3.8, 4) is 18.4 Å². The molecule has 1 fully saturated rings. The number of benzene rings is 2. The Morgan fingerprint density at radius 1 is 1.15 bits per heavy atom. The molecule has 5 nitrogen and oxygen atoms in total. The predicted octanol–water partition coefficient (Wildman–Crippen LogP) is 4.17. The van der Waals surface area contributed by atoms with Crippen LogP contribution in [0.3, 0.4) is 0 Å². The molecule has 2 N–H and O–H groups in total. The third-order valence-corrected chi connectivity index (χ3v) is 6.16. The van der Waals surface area contributed by atoms with Gasteiger partial charge in [0, 0.05) is 29.8 Å². The summed E-state index contributed by atoms with van der Waals surface area (Å²) in [5, 5.41) is 16.0. The summed E-state index contributed by atoms with van der Waals surface area (Å²) in [6.07, 6.45) is 10.8. The molecule has 0 bridgehead atoms. The van der Waals surface area contributed by atoms with Gasteiger partial charge in [0.1, 0.15) is 0 Å². The van der Waals surface area contributed by atoms with Gasteiger partial charge in [-0.15, -0.1) is 6.42 Å². The van der Waals surface area contributed by atoms with Crippen molar-refractivity contribution in [2.24, 2.45) is 0 Å². The topological polar surface area (TPSA) is 68.2 Å². The lowest BCUT2D eigenvalue weighted by molar-refractivity contribution is 0.0953. The number of nitrogens with one attached hydrogen (secondary N) is 2. The predicted molar refractivity (Wildman–Crippen MR) is 133 cm³/mol. The molecule has 1 amide bonds. The van der Waals surface area contributed by atoms with Crippen molar-refractivity contribution in [3.05, 3.63) is 70.3 Å². The summed E-state index contributed by atoms with van der Waals surface area (Å²) >= 11 is 0. The zero-order valence-electron chi connectivity index (χ0n) is 19.8. The molecule has 3 rings (SSSR count). The molecule has 0 atom stereocenters. The van der Waals surface area contributed by atoms with Gasteiger partial charge in [0.05, 0.1) is 11.6 Å². The molecule has 2 aromatic carbocycles. The number of terminal acetylenes is 1. The fourth-order valence-electron chi connectivity index (χ4n) is 4.12. The minimum atomic E-state index is -0.132. The molecule has 172 valence electrons. The third-order valence-electron chi connectivity index (χ3n) is 6.16. The average molecular weight is 443 g/mol. The Labute approximate surface area is 198 Å².